The SMILES string of the molecule is CC(C)c1ccc(OC(C)c2nnc(SCc3ccccc3[N+](=O)[O-])n2-c2ccccc2)cc1. The molecule has 7 nitrogen and oxygen atoms in total. The van der Waals surface area contributed by atoms with E-state index >= 15 is 0 Å². The average Bonchev–Trinajstić information content (AvgIpc) is 3.28. The smallest absolute Gasteiger partial charge is 0.273 e. The van der Waals surface area contributed by atoms with E-state index in [-0.39, 0.29) is 16.7 Å². The number of hydrogen-bond donors (Lipinski definition) is 0. The highest BCUT2D eigenvalue weighted by molar-refractivity contribution is 7.98. The van der Waals surface area contributed by atoms with E-state index in [0.717, 1.165) is 11.4 Å². The molecule has 4 rings (SSSR count). The number of nitrogens with zero attached hydrogens (tertiary/aromatic N) is 4. The van der Waals surface area contributed by atoms with Gasteiger partial charge in [-0.3, -0.25) is 14.7 Å². The van der Waals surface area contributed by atoms with Gasteiger partial charge in [0.25, 0.3) is 5.69 Å². The van der Waals surface area contributed by atoms with Crippen molar-refractivity contribution in [2.75, 3.05) is 0 Å². The zero-order chi connectivity index (χ0) is 24.1. The fourth-order valence-corrected chi connectivity index (χ4v) is 4.55. The number of aromatic nitrogens is 3. The molecule has 0 fully saturated rings. The summed E-state index contributed by atoms with van der Waals surface area (Å²) in [6.07, 6.45) is -0.363. The average molecular weight is 475 g/mol. The third kappa shape index (κ3) is 5.28. The number of benzene rings is 3. The second-order valence-electron chi connectivity index (χ2n) is 8.17. The van der Waals surface area contributed by atoms with Gasteiger partial charge in [-0.15, -0.1) is 10.2 Å². The molecule has 1 aromatic heterocycles. The Morgan fingerprint density at radius 1 is 0.941 bits per heavy atom. The quantitative estimate of drug-likeness (QED) is 0.152. The molecule has 0 aliphatic rings. The lowest BCUT2D eigenvalue weighted by Crippen LogP contribution is -2.11. The van der Waals surface area contributed by atoms with E-state index in [1.807, 2.05) is 54.0 Å². The Hall–Kier alpha value is -3.65. The van der Waals surface area contributed by atoms with Crippen molar-refractivity contribution in [1.82, 2.24) is 14.8 Å². The molecule has 0 saturated carbocycles. The summed E-state index contributed by atoms with van der Waals surface area (Å²) in [5, 5.41) is 20.9. The Morgan fingerprint density at radius 3 is 2.29 bits per heavy atom. The minimum absolute atomic E-state index is 0.0996. The van der Waals surface area contributed by atoms with Gasteiger partial charge in [0.1, 0.15) is 5.75 Å². The molecule has 8 heteroatoms. The van der Waals surface area contributed by atoms with E-state index in [0.29, 0.717) is 28.2 Å². The standard InChI is InChI=1S/C26H26N4O3S/c1-18(2)20-13-15-23(16-14-20)33-19(3)25-27-28-26(29(25)22-10-5-4-6-11-22)34-17-21-9-7-8-12-24(21)30(31)32/h4-16,18-19H,17H2,1-3H3. The van der Waals surface area contributed by atoms with Crippen molar-refractivity contribution in [3.05, 3.63) is 106 Å². The summed E-state index contributed by atoms with van der Waals surface area (Å²) in [5.41, 5.74) is 2.89. The number of hydrogen-bond acceptors (Lipinski definition) is 6. The topological polar surface area (TPSA) is 83.1 Å². The molecule has 0 bridgehead atoms. The van der Waals surface area contributed by atoms with Crippen LogP contribution in [0.5, 0.6) is 5.75 Å². The maximum Gasteiger partial charge on any atom is 0.273 e. The van der Waals surface area contributed by atoms with E-state index in [1.165, 1.54) is 23.4 Å². The van der Waals surface area contributed by atoms with Gasteiger partial charge in [0.2, 0.25) is 0 Å². The Morgan fingerprint density at radius 2 is 1.62 bits per heavy atom. The van der Waals surface area contributed by atoms with Crippen LogP contribution in [0.1, 0.15) is 49.7 Å². The summed E-state index contributed by atoms with van der Waals surface area (Å²) in [6.45, 7) is 6.25. The molecule has 0 spiro atoms. The molecule has 3 aromatic carbocycles. The molecule has 174 valence electrons. The van der Waals surface area contributed by atoms with Gasteiger partial charge in [0, 0.05) is 23.1 Å². The van der Waals surface area contributed by atoms with Gasteiger partial charge in [0.05, 0.1) is 4.92 Å². The monoisotopic (exact) mass is 474 g/mol. The zero-order valence-corrected chi connectivity index (χ0v) is 20.1. The summed E-state index contributed by atoms with van der Waals surface area (Å²) in [7, 11) is 0. The summed E-state index contributed by atoms with van der Waals surface area (Å²) in [6, 6.07) is 24.6. The lowest BCUT2D eigenvalue weighted by molar-refractivity contribution is -0.385. The van der Waals surface area contributed by atoms with Crippen LogP contribution < -0.4 is 4.74 Å². The van der Waals surface area contributed by atoms with Crippen molar-refractivity contribution >= 4 is 17.4 Å². The van der Waals surface area contributed by atoms with Gasteiger partial charge in [0.15, 0.2) is 17.1 Å². The molecule has 0 radical (unpaired) electrons. The van der Waals surface area contributed by atoms with E-state index in [1.54, 1.807) is 18.2 Å². The molecule has 0 amide bonds. The molecule has 0 N–H and O–H groups in total. The van der Waals surface area contributed by atoms with Crippen molar-refractivity contribution < 1.29 is 9.66 Å². The third-order valence-corrected chi connectivity index (χ3v) is 6.42. The molecule has 1 unspecified atom stereocenters. The van der Waals surface area contributed by atoms with Crippen molar-refractivity contribution in [1.29, 1.82) is 0 Å². The number of nitro groups is 1. The van der Waals surface area contributed by atoms with Crippen molar-refractivity contribution in [2.45, 2.75) is 43.7 Å². The molecular formula is C26H26N4O3S. The first-order chi connectivity index (χ1) is 16.4. The lowest BCUT2D eigenvalue weighted by Gasteiger charge is -2.17. The summed E-state index contributed by atoms with van der Waals surface area (Å²) in [4.78, 5) is 11.0. The molecule has 1 atom stereocenters. The fraction of sp³-hybridized carbons (Fsp3) is 0.231. The first kappa shape index (κ1) is 23.5. The number of nitro benzene ring substituents is 1. The van der Waals surface area contributed by atoms with Gasteiger partial charge in [-0.2, -0.15) is 0 Å². The van der Waals surface area contributed by atoms with Crippen LogP contribution in [-0.2, 0) is 5.75 Å². The van der Waals surface area contributed by atoms with Crippen molar-refractivity contribution in [3.63, 3.8) is 0 Å². The summed E-state index contributed by atoms with van der Waals surface area (Å²) in [5.74, 6) is 2.26. The Bertz CT molecular complexity index is 1260. The van der Waals surface area contributed by atoms with Crippen LogP contribution in [0.25, 0.3) is 5.69 Å². The van der Waals surface area contributed by atoms with Gasteiger partial charge in [-0.25, -0.2) is 0 Å². The minimum Gasteiger partial charge on any atom is -0.483 e. The van der Waals surface area contributed by atoms with Crippen LogP contribution in [-0.4, -0.2) is 19.7 Å². The Labute approximate surface area is 203 Å². The first-order valence-corrected chi connectivity index (χ1v) is 12.0. The Balaban J connectivity index is 1.62. The second-order valence-corrected chi connectivity index (χ2v) is 9.11. The van der Waals surface area contributed by atoms with Crippen LogP contribution in [0.4, 0.5) is 5.69 Å². The van der Waals surface area contributed by atoms with Crippen LogP contribution in [0.2, 0.25) is 0 Å². The van der Waals surface area contributed by atoms with Crippen molar-refractivity contribution in [3.8, 4) is 11.4 Å². The molecule has 34 heavy (non-hydrogen) atoms. The zero-order valence-electron chi connectivity index (χ0n) is 19.3. The summed E-state index contributed by atoms with van der Waals surface area (Å²) < 4.78 is 8.15. The number of ether oxygens (including phenoxy) is 1. The first-order valence-electron chi connectivity index (χ1n) is 11.1. The third-order valence-electron chi connectivity index (χ3n) is 5.44. The highest BCUT2D eigenvalue weighted by Gasteiger charge is 2.22. The normalized spacial score (nSPS) is 12.0. The van der Waals surface area contributed by atoms with E-state index in [9.17, 15) is 10.1 Å². The highest BCUT2D eigenvalue weighted by atomic mass is 32.2. The molecule has 0 saturated heterocycles. The number of rotatable bonds is 9. The maximum absolute atomic E-state index is 11.4. The van der Waals surface area contributed by atoms with E-state index in [2.05, 4.69) is 36.2 Å². The lowest BCUT2D eigenvalue weighted by atomic mass is 10.0. The molecule has 0 aliphatic heterocycles. The van der Waals surface area contributed by atoms with E-state index < -0.39 is 0 Å². The van der Waals surface area contributed by atoms with Crippen LogP contribution in [0.3, 0.4) is 0 Å². The van der Waals surface area contributed by atoms with Crippen LogP contribution in [0, 0.1) is 10.1 Å². The Kier molecular flexibility index (Phi) is 7.27. The predicted molar refractivity (Wildman–Crippen MR) is 134 cm³/mol. The van der Waals surface area contributed by atoms with Crippen LogP contribution >= 0.6 is 11.8 Å². The highest BCUT2D eigenvalue weighted by Crippen LogP contribution is 2.31. The van der Waals surface area contributed by atoms with E-state index in [4.69, 9.17) is 4.74 Å². The second kappa shape index (κ2) is 10.5. The van der Waals surface area contributed by atoms with Crippen LogP contribution in [0.15, 0.2) is 84.0 Å². The fourth-order valence-electron chi connectivity index (χ4n) is 3.60. The van der Waals surface area contributed by atoms with Gasteiger partial charge in [-0.1, -0.05) is 74.1 Å². The van der Waals surface area contributed by atoms with Gasteiger partial charge < -0.3 is 4.74 Å². The van der Waals surface area contributed by atoms with Crippen molar-refractivity contribution in [2.24, 2.45) is 0 Å². The largest absolute Gasteiger partial charge is 0.483 e. The number of para-hydroxylation sites is 2. The van der Waals surface area contributed by atoms with Gasteiger partial charge in [-0.05, 0) is 42.7 Å². The minimum atomic E-state index is -0.363. The maximum atomic E-state index is 11.4. The van der Waals surface area contributed by atoms with Gasteiger partial charge >= 0.3 is 0 Å². The summed E-state index contributed by atoms with van der Waals surface area (Å²) >= 11 is 1.41. The predicted octanol–water partition coefficient (Wildman–Crippen LogP) is 6.73. The molecular weight excluding hydrogens is 448 g/mol. The molecule has 4 aromatic rings. The molecule has 0 aliphatic carbocycles. The molecule has 1 heterocycles. The number of thioether (sulfide) groups is 1.